The summed E-state index contributed by atoms with van der Waals surface area (Å²) in [4.78, 5) is 2.78. The van der Waals surface area contributed by atoms with E-state index in [9.17, 15) is 5.11 Å². The van der Waals surface area contributed by atoms with Gasteiger partial charge in [0, 0.05) is 18.7 Å². The van der Waals surface area contributed by atoms with Gasteiger partial charge in [-0.25, -0.2) is 0 Å². The molecule has 0 amide bonds. The number of aliphatic hydroxyl groups is 1. The summed E-state index contributed by atoms with van der Waals surface area (Å²) in [6, 6.07) is 1.58. The van der Waals surface area contributed by atoms with Crippen LogP contribution >= 0.6 is 0 Å². The molecule has 2 bridgehead atoms. The molecule has 4 unspecified atom stereocenters. The maximum atomic E-state index is 9.18. The van der Waals surface area contributed by atoms with E-state index in [1.807, 2.05) is 0 Å². The van der Waals surface area contributed by atoms with Crippen LogP contribution in [0.5, 0.6) is 0 Å². The molecule has 2 nitrogen and oxygen atoms in total. The molecule has 1 aliphatic heterocycles. The van der Waals surface area contributed by atoms with E-state index >= 15 is 0 Å². The van der Waals surface area contributed by atoms with Gasteiger partial charge in [-0.05, 0) is 56.9 Å². The second-order valence-electron chi connectivity index (χ2n) is 6.14. The molecular formula is C14H25NO. The Morgan fingerprint density at radius 1 is 1.06 bits per heavy atom. The van der Waals surface area contributed by atoms with Gasteiger partial charge in [0.1, 0.15) is 0 Å². The van der Waals surface area contributed by atoms with Gasteiger partial charge in [0.2, 0.25) is 0 Å². The second kappa shape index (κ2) is 4.66. The third kappa shape index (κ3) is 1.91. The fraction of sp³-hybridized carbons (Fsp3) is 1.00. The van der Waals surface area contributed by atoms with Gasteiger partial charge in [0.15, 0.2) is 0 Å². The summed E-state index contributed by atoms with van der Waals surface area (Å²) in [5.41, 5.74) is 0. The predicted molar refractivity (Wildman–Crippen MR) is 65.3 cm³/mol. The van der Waals surface area contributed by atoms with Gasteiger partial charge >= 0.3 is 0 Å². The molecule has 2 heteroatoms. The van der Waals surface area contributed by atoms with Crippen molar-refractivity contribution in [2.75, 3.05) is 13.2 Å². The van der Waals surface area contributed by atoms with Crippen molar-refractivity contribution in [3.8, 4) is 0 Å². The fourth-order valence-corrected chi connectivity index (χ4v) is 4.54. The van der Waals surface area contributed by atoms with Crippen molar-refractivity contribution in [3.63, 3.8) is 0 Å². The van der Waals surface area contributed by atoms with Gasteiger partial charge in [-0.2, -0.15) is 0 Å². The minimum atomic E-state index is 0.377. The Kier molecular flexibility index (Phi) is 3.21. The fourth-order valence-electron chi connectivity index (χ4n) is 4.54. The number of nitrogens with zero attached hydrogens (tertiary/aromatic N) is 1. The minimum absolute atomic E-state index is 0.377. The SMILES string of the molecule is OCCC1CCCCN1C1CC2CCC1C2. The van der Waals surface area contributed by atoms with Crippen LogP contribution in [0, 0.1) is 11.8 Å². The molecule has 1 saturated heterocycles. The van der Waals surface area contributed by atoms with Crippen LogP contribution in [-0.2, 0) is 0 Å². The van der Waals surface area contributed by atoms with Crippen molar-refractivity contribution in [1.82, 2.24) is 4.90 Å². The van der Waals surface area contributed by atoms with Gasteiger partial charge in [0.05, 0.1) is 0 Å². The Morgan fingerprint density at radius 3 is 2.69 bits per heavy atom. The molecule has 3 rings (SSSR count). The molecule has 3 aliphatic rings. The van der Waals surface area contributed by atoms with Crippen LogP contribution in [0.3, 0.4) is 0 Å². The van der Waals surface area contributed by atoms with Gasteiger partial charge in [-0.15, -0.1) is 0 Å². The van der Waals surface area contributed by atoms with E-state index in [1.165, 1.54) is 51.5 Å². The van der Waals surface area contributed by atoms with Gasteiger partial charge in [-0.3, -0.25) is 4.90 Å². The molecule has 1 heterocycles. The predicted octanol–water partition coefficient (Wildman–Crippen LogP) is 2.41. The van der Waals surface area contributed by atoms with Gasteiger partial charge in [0.25, 0.3) is 0 Å². The summed E-state index contributed by atoms with van der Waals surface area (Å²) in [6.45, 7) is 1.68. The molecule has 0 radical (unpaired) electrons. The lowest BCUT2D eigenvalue weighted by Crippen LogP contribution is -2.48. The summed E-state index contributed by atoms with van der Waals surface area (Å²) in [5, 5.41) is 9.18. The van der Waals surface area contributed by atoms with E-state index in [2.05, 4.69) is 4.90 Å². The third-order valence-electron chi connectivity index (χ3n) is 5.26. The zero-order chi connectivity index (χ0) is 11.0. The van der Waals surface area contributed by atoms with Crippen molar-refractivity contribution >= 4 is 0 Å². The zero-order valence-electron chi connectivity index (χ0n) is 10.3. The molecule has 2 saturated carbocycles. The molecule has 0 aromatic rings. The maximum Gasteiger partial charge on any atom is 0.0445 e. The Balaban J connectivity index is 1.66. The Labute approximate surface area is 99.0 Å². The highest BCUT2D eigenvalue weighted by molar-refractivity contribution is 4.97. The topological polar surface area (TPSA) is 23.5 Å². The summed E-state index contributed by atoms with van der Waals surface area (Å²) in [5.74, 6) is 2.05. The lowest BCUT2D eigenvalue weighted by molar-refractivity contribution is 0.0494. The average molecular weight is 223 g/mol. The first kappa shape index (κ1) is 11.0. The number of fused-ring (bicyclic) bond motifs is 2. The number of piperidine rings is 1. The first-order valence-corrected chi connectivity index (χ1v) is 7.25. The molecule has 3 fully saturated rings. The average Bonchev–Trinajstić information content (AvgIpc) is 2.92. The molecule has 1 N–H and O–H groups in total. The van der Waals surface area contributed by atoms with Gasteiger partial charge in [-0.1, -0.05) is 12.8 Å². The summed E-state index contributed by atoms with van der Waals surface area (Å²) in [6.07, 6.45) is 11.1. The smallest absolute Gasteiger partial charge is 0.0445 e. The lowest BCUT2D eigenvalue weighted by atomic mass is 9.89. The standard InChI is InChI=1S/C14H25NO/c16-8-6-13-3-1-2-7-15(13)14-10-11-4-5-12(14)9-11/h11-14,16H,1-10H2. The third-order valence-corrected chi connectivity index (χ3v) is 5.26. The van der Waals surface area contributed by atoms with Crippen LogP contribution in [0.2, 0.25) is 0 Å². The van der Waals surface area contributed by atoms with Crippen molar-refractivity contribution in [3.05, 3.63) is 0 Å². The van der Waals surface area contributed by atoms with Crippen molar-refractivity contribution in [2.45, 2.75) is 63.5 Å². The number of hydrogen-bond acceptors (Lipinski definition) is 2. The highest BCUT2D eigenvalue weighted by atomic mass is 16.3. The maximum absolute atomic E-state index is 9.18. The Bertz CT molecular complexity index is 241. The Morgan fingerprint density at radius 2 is 2.00 bits per heavy atom. The van der Waals surface area contributed by atoms with Crippen LogP contribution in [0.25, 0.3) is 0 Å². The summed E-state index contributed by atoms with van der Waals surface area (Å²) in [7, 11) is 0. The molecule has 92 valence electrons. The molecule has 2 aliphatic carbocycles. The van der Waals surface area contributed by atoms with Crippen LogP contribution in [-0.4, -0.2) is 35.2 Å². The minimum Gasteiger partial charge on any atom is -0.396 e. The van der Waals surface area contributed by atoms with Crippen LogP contribution in [0.15, 0.2) is 0 Å². The van der Waals surface area contributed by atoms with Crippen LogP contribution < -0.4 is 0 Å². The highest BCUT2D eigenvalue weighted by Gasteiger charge is 2.44. The normalized spacial score (nSPS) is 44.1. The number of hydrogen-bond donors (Lipinski definition) is 1. The largest absolute Gasteiger partial charge is 0.396 e. The number of likely N-dealkylation sites (tertiary alicyclic amines) is 1. The molecule has 0 spiro atoms. The van der Waals surface area contributed by atoms with Crippen LogP contribution in [0.4, 0.5) is 0 Å². The highest BCUT2D eigenvalue weighted by Crippen LogP contribution is 2.47. The molecule has 0 aromatic heterocycles. The molecular weight excluding hydrogens is 198 g/mol. The molecule has 4 atom stereocenters. The number of aliphatic hydroxyl groups excluding tert-OH is 1. The van der Waals surface area contributed by atoms with E-state index in [-0.39, 0.29) is 0 Å². The van der Waals surface area contributed by atoms with E-state index in [0.29, 0.717) is 12.6 Å². The van der Waals surface area contributed by atoms with E-state index in [0.717, 1.165) is 24.3 Å². The van der Waals surface area contributed by atoms with Crippen molar-refractivity contribution < 1.29 is 5.11 Å². The van der Waals surface area contributed by atoms with Crippen LogP contribution in [0.1, 0.15) is 51.4 Å². The quantitative estimate of drug-likeness (QED) is 0.794. The van der Waals surface area contributed by atoms with Gasteiger partial charge < -0.3 is 5.11 Å². The van der Waals surface area contributed by atoms with Crippen molar-refractivity contribution in [1.29, 1.82) is 0 Å². The zero-order valence-corrected chi connectivity index (χ0v) is 10.3. The first-order chi connectivity index (χ1) is 7.88. The first-order valence-electron chi connectivity index (χ1n) is 7.25. The molecule has 0 aromatic carbocycles. The molecule has 16 heavy (non-hydrogen) atoms. The second-order valence-corrected chi connectivity index (χ2v) is 6.14. The van der Waals surface area contributed by atoms with E-state index in [1.54, 1.807) is 0 Å². The van der Waals surface area contributed by atoms with Crippen molar-refractivity contribution in [2.24, 2.45) is 11.8 Å². The van der Waals surface area contributed by atoms with E-state index in [4.69, 9.17) is 0 Å². The monoisotopic (exact) mass is 223 g/mol. The Hall–Kier alpha value is -0.0800. The van der Waals surface area contributed by atoms with E-state index < -0.39 is 0 Å². The summed E-state index contributed by atoms with van der Waals surface area (Å²) < 4.78 is 0. The number of rotatable bonds is 3. The lowest BCUT2D eigenvalue weighted by Gasteiger charge is -2.43. The summed E-state index contributed by atoms with van der Waals surface area (Å²) >= 11 is 0.